The zero-order valence-corrected chi connectivity index (χ0v) is 15.9. The molecule has 2 aliphatic rings. The standard InChI is InChI=1S/C18H17FN2O4S2/c19-12-6-2-1-5-11(12)9-14-16(23)21(18(26)27-14)10-15(22)20-8-4-3-7-13(20)17(24)25/h1-2,5-6,9,13H,3-4,7-8,10H2,(H,24,25). The van der Waals surface area contributed by atoms with Crippen LogP contribution in [-0.2, 0) is 14.4 Å². The Morgan fingerprint density at radius 3 is 2.78 bits per heavy atom. The Balaban J connectivity index is 1.75. The van der Waals surface area contributed by atoms with Crippen LogP contribution in [0.4, 0.5) is 4.39 Å². The van der Waals surface area contributed by atoms with Crippen LogP contribution in [0, 0.1) is 5.82 Å². The van der Waals surface area contributed by atoms with Gasteiger partial charge in [0.25, 0.3) is 5.91 Å². The van der Waals surface area contributed by atoms with E-state index >= 15 is 0 Å². The minimum atomic E-state index is -1.05. The lowest BCUT2D eigenvalue weighted by molar-refractivity contribution is -0.152. The first-order valence-electron chi connectivity index (χ1n) is 8.40. The van der Waals surface area contributed by atoms with E-state index in [0.717, 1.165) is 29.5 Å². The van der Waals surface area contributed by atoms with Gasteiger partial charge >= 0.3 is 5.97 Å². The highest BCUT2D eigenvalue weighted by atomic mass is 32.2. The van der Waals surface area contributed by atoms with Gasteiger partial charge in [0, 0.05) is 12.1 Å². The maximum absolute atomic E-state index is 13.8. The van der Waals surface area contributed by atoms with E-state index in [0.29, 0.717) is 13.0 Å². The monoisotopic (exact) mass is 408 g/mol. The molecular formula is C18H17FN2O4S2. The second-order valence-corrected chi connectivity index (χ2v) is 7.90. The van der Waals surface area contributed by atoms with Crippen LogP contribution in [0.25, 0.3) is 6.08 Å². The first-order chi connectivity index (χ1) is 12.9. The largest absolute Gasteiger partial charge is 0.480 e. The number of carboxylic acid groups (broad SMARTS) is 1. The molecule has 2 saturated heterocycles. The van der Waals surface area contributed by atoms with Crippen molar-refractivity contribution in [3.05, 3.63) is 40.6 Å². The number of thiocarbonyl (C=S) groups is 1. The molecule has 27 heavy (non-hydrogen) atoms. The summed E-state index contributed by atoms with van der Waals surface area (Å²) in [5.74, 6) is -2.44. The number of thioether (sulfide) groups is 1. The maximum Gasteiger partial charge on any atom is 0.326 e. The Morgan fingerprint density at radius 2 is 2.07 bits per heavy atom. The number of hydrogen-bond donors (Lipinski definition) is 1. The van der Waals surface area contributed by atoms with Crippen LogP contribution in [0.5, 0.6) is 0 Å². The minimum absolute atomic E-state index is 0.194. The predicted molar refractivity (Wildman–Crippen MR) is 103 cm³/mol. The van der Waals surface area contributed by atoms with Gasteiger partial charge in [0.05, 0.1) is 4.91 Å². The van der Waals surface area contributed by atoms with Gasteiger partial charge in [-0.1, -0.05) is 42.2 Å². The third-order valence-corrected chi connectivity index (χ3v) is 5.84. The van der Waals surface area contributed by atoms with Crippen LogP contribution in [0.15, 0.2) is 29.2 Å². The molecule has 0 radical (unpaired) electrons. The number of piperidine rings is 1. The minimum Gasteiger partial charge on any atom is -0.480 e. The van der Waals surface area contributed by atoms with Crippen LogP contribution in [-0.4, -0.2) is 56.1 Å². The van der Waals surface area contributed by atoms with Crippen molar-refractivity contribution in [2.45, 2.75) is 25.3 Å². The number of carbonyl (C=O) groups is 3. The van der Waals surface area contributed by atoms with Crippen LogP contribution < -0.4 is 0 Å². The molecule has 9 heteroatoms. The lowest BCUT2D eigenvalue weighted by atomic mass is 10.0. The third kappa shape index (κ3) is 4.19. The predicted octanol–water partition coefficient (Wildman–Crippen LogP) is 2.49. The number of rotatable bonds is 4. The molecule has 1 aromatic rings. The second kappa shape index (κ2) is 8.18. The Hall–Kier alpha value is -2.26. The zero-order valence-electron chi connectivity index (χ0n) is 14.3. The highest BCUT2D eigenvalue weighted by molar-refractivity contribution is 8.26. The fourth-order valence-electron chi connectivity index (χ4n) is 3.08. The second-order valence-electron chi connectivity index (χ2n) is 6.23. The van der Waals surface area contributed by atoms with Crippen LogP contribution in [0.2, 0.25) is 0 Å². The molecule has 0 bridgehead atoms. The fraction of sp³-hybridized carbons (Fsp3) is 0.333. The summed E-state index contributed by atoms with van der Waals surface area (Å²) in [6.45, 7) is 0.0265. The van der Waals surface area contributed by atoms with Gasteiger partial charge in [-0.2, -0.15) is 0 Å². The number of amides is 2. The smallest absolute Gasteiger partial charge is 0.326 e. The first-order valence-corrected chi connectivity index (χ1v) is 9.63. The fourth-order valence-corrected chi connectivity index (χ4v) is 4.33. The summed E-state index contributed by atoms with van der Waals surface area (Å²) < 4.78 is 14.0. The number of carboxylic acids is 1. The molecule has 3 rings (SSSR count). The topological polar surface area (TPSA) is 77.9 Å². The molecule has 0 saturated carbocycles. The van der Waals surface area contributed by atoms with E-state index in [2.05, 4.69) is 0 Å². The van der Waals surface area contributed by atoms with Crippen molar-refractivity contribution in [3.8, 4) is 0 Å². The van der Waals surface area contributed by atoms with Crippen molar-refractivity contribution in [2.75, 3.05) is 13.1 Å². The molecule has 0 spiro atoms. The molecule has 0 aliphatic carbocycles. The molecular weight excluding hydrogens is 391 g/mol. The van der Waals surface area contributed by atoms with Crippen molar-refractivity contribution in [3.63, 3.8) is 0 Å². The van der Waals surface area contributed by atoms with Gasteiger partial charge in [0.15, 0.2) is 0 Å². The molecule has 1 unspecified atom stereocenters. The maximum atomic E-state index is 13.8. The Bertz CT molecular complexity index is 842. The SMILES string of the molecule is O=C(O)C1CCCCN1C(=O)CN1C(=O)C(=Cc2ccccc2F)SC1=S. The number of likely N-dealkylation sites (tertiary alicyclic amines) is 1. The molecule has 1 atom stereocenters. The number of aliphatic carboxylic acids is 1. The summed E-state index contributed by atoms with van der Waals surface area (Å²) in [5, 5.41) is 9.31. The van der Waals surface area contributed by atoms with Crippen LogP contribution >= 0.6 is 24.0 Å². The molecule has 2 amide bonds. The molecule has 1 aromatic carbocycles. The average molecular weight is 408 g/mol. The molecule has 2 aliphatic heterocycles. The van der Waals surface area contributed by atoms with E-state index in [1.807, 2.05) is 0 Å². The van der Waals surface area contributed by atoms with E-state index in [1.54, 1.807) is 12.1 Å². The van der Waals surface area contributed by atoms with Gasteiger partial charge in [-0.05, 0) is 31.4 Å². The number of nitrogens with zero attached hydrogens (tertiary/aromatic N) is 2. The van der Waals surface area contributed by atoms with Crippen LogP contribution in [0.1, 0.15) is 24.8 Å². The highest BCUT2D eigenvalue weighted by Crippen LogP contribution is 2.33. The van der Waals surface area contributed by atoms with Crippen molar-refractivity contribution in [1.82, 2.24) is 9.80 Å². The molecule has 2 heterocycles. The number of benzene rings is 1. The normalized spacial score (nSPS) is 21.8. The van der Waals surface area contributed by atoms with Gasteiger partial charge in [-0.3, -0.25) is 14.5 Å². The molecule has 142 valence electrons. The Kier molecular flexibility index (Phi) is 5.91. The molecule has 0 aromatic heterocycles. The quantitative estimate of drug-likeness (QED) is 0.609. The van der Waals surface area contributed by atoms with Crippen LogP contribution in [0.3, 0.4) is 0 Å². The van der Waals surface area contributed by atoms with E-state index in [4.69, 9.17) is 12.2 Å². The van der Waals surface area contributed by atoms with Crippen molar-refractivity contribution in [1.29, 1.82) is 0 Å². The first kappa shape index (κ1) is 19.5. The number of carbonyl (C=O) groups excluding carboxylic acids is 2. The van der Waals surface area contributed by atoms with E-state index < -0.39 is 29.6 Å². The summed E-state index contributed by atoms with van der Waals surface area (Å²) in [4.78, 5) is 39.2. The third-order valence-electron chi connectivity index (χ3n) is 4.47. The zero-order chi connectivity index (χ0) is 19.6. The average Bonchev–Trinajstić information content (AvgIpc) is 2.91. The molecule has 2 fully saturated rings. The van der Waals surface area contributed by atoms with Gasteiger partial charge in [0.2, 0.25) is 5.91 Å². The Morgan fingerprint density at radius 1 is 1.33 bits per heavy atom. The van der Waals surface area contributed by atoms with E-state index in [9.17, 15) is 23.9 Å². The van der Waals surface area contributed by atoms with Gasteiger partial charge in [0.1, 0.15) is 22.7 Å². The summed E-state index contributed by atoms with van der Waals surface area (Å²) in [7, 11) is 0. The number of hydrogen-bond acceptors (Lipinski definition) is 5. The molecule has 6 nitrogen and oxygen atoms in total. The van der Waals surface area contributed by atoms with E-state index in [1.165, 1.54) is 23.1 Å². The lowest BCUT2D eigenvalue weighted by Crippen LogP contribution is -2.51. The summed E-state index contributed by atoms with van der Waals surface area (Å²) in [6, 6.07) is 5.16. The van der Waals surface area contributed by atoms with Crippen molar-refractivity contribution in [2.24, 2.45) is 0 Å². The summed E-state index contributed by atoms with van der Waals surface area (Å²) in [5.41, 5.74) is 0.256. The van der Waals surface area contributed by atoms with Crippen molar-refractivity contribution < 1.29 is 23.9 Å². The van der Waals surface area contributed by atoms with Gasteiger partial charge < -0.3 is 10.0 Å². The van der Waals surface area contributed by atoms with Crippen molar-refractivity contribution >= 4 is 52.2 Å². The Labute approximate surface area is 165 Å². The van der Waals surface area contributed by atoms with Gasteiger partial charge in [-0.25, -0.2) is 9.18 Å². The van der Waals surface area contributed by atoms with Gasteiger partial charge in [-0.15, -0.1) is 0 Å². The summed E-state index contributed by atoms with van der Waals surface area (Å²) >= 11 is 6.19. The van der Waals surface area contributed by atoms with E-state index in [-0.39, 0.29) is 21.3 Å². The molecule has 1 N–H and O–H groups in total. The lowest BCUT2D eigenvalue weighted by Gasteiger charge is -2.33. The summed E-state index contributed by atoms with van der Waals surface area (Å²) in [6.07, 6.45) is 3.26. The number of halogens is 1. The highest BCUT2D eigenvalue weighted by Gasteiger charge is 2.37.